The molecule has 0 spiro atoms. The standard InChI is InChI=1S/C19H26N4/c1-2-3-12-20-18-15-17(16-10-6-4-7-11-16)21-19(22-18)23-13-8-5-9-14-23/h4,6-7,10-11,15H,2-3,5,8-9,12-14H2,1H3,(H,20,21,22). The number of aromatic nitrogens is 2. The van der Waals surface area contributed by atoms with E-state index >= 15 is 0 Å². The van der Waals surface area contributed by atoms with Gasteiger partial charge < -0.3 is 10.2 Å². The highest BCUT2D eigenvalue weighted by molar-refractivity contribution is 5.64. The molecule has 1 N–H and O–H groups in total. The molecule has 122 valence electrons. The van der Waals surface area contributed by atoms with E-state index in [2.05, 4.69) is 47.5 Å². The van der Waals surface area contributed by atoms with Gasteiger partial charge in [-0.2, -0.15) is 4.98 Å². The summed E-state index contributed by atoms with van der Waals surface area (Å²) in [6, 6.07) is 12.4. The second-order valence-corrected chi connectivity index (χ2v) is 6.13. The average molecular weight is 310 g/mol. The van der Waals surface area contributed by atoms with E-state index in [1.807, 2.05) is 6.07 Å². The summed E-state index contributed by atoms with van der Waals surface area (Å²) in [5.41, 5.74) is 2.15. The van der Waals surface area contributed by atoms with Crippen LogP contribution in [0.4, 0.5) is 11.8 Å². The Kier molecular flexibility index (Phi) is 5.46. The normalized spacial score (nSPS) is 14.7. The third-order valence-electron chi connectivity index (χ3n) is 4.26. The molecule has 0 bridgehead atoms. The summed E-state index contributed by atoms with van der Waals surface area (Å²) in [5.74, 6) is 1.80. The fourth-order valence-corrected chi connectivity index (χ4v) is 2.91. The van der Waals surface area contributed by atoms with E-state index in [0.29, 0.717) is 0 Å². The summed E-state index contributed by atoms with van der Waals surface area (Å²) < 4.78 is 0. The Morgan fingerprint density at radius 3 is 2.57 bits per heavy atom. The lowest BCUT2D eigenvalue weighted by atomic mass is 10.1. The van der Waals surface area contributed by atoms with Gasteiger partial charge in [-0.25, -0.2) is 4.98 Å². The molecule has 1 aliphatic rings. The van der Waals surface area contributed by atoms with Crippen molar-refractivity contribution in [2.75, 3.05) is 29.9 Å². The molecule has 1 saturated heterocycles. The minimum atomic E-state index is 0.866. The number of hydrogen-bond donors (Lipinski definition) is 1. The molecular weight excluding hydrogens is 284 g/mol. The topological polar surface area (TPSA) is 41.1 Å². The van der Waals surface area contributed by atoms with E-state index in [1.165, 1.54) is 25.7 Å². The molecule has 2 aromatic rings. The van der Waals surface area contributed by atoms with Gasteiger partial charge in [-0.1, -0.05) is 43.7 Å². The Bertz CT molecular complexity index is 606. The minimum Gasteiger partial charge on any atom is -0.370 e. The molecule has 23 heavy (non-hydrogen) atoms. The van der Waals surface area contributed by atoms with Gasteiger partial charge >= 0.3 is 0 Å². The quantitative estimate of drug-likeness (QED) is 0.806. The lowest BCUT2D eigenvalue weighted by Gasteiger charge is -2.27. The largest absolute Gasteiger partial charge is 0.370 e. The molecule has 0 radical (unpaired) electrons. The van der Waals surface area contributed by atoms with Gasteiger partial charge in [0.05, 0.1) is 5.69 Å². The van der Waals surface area contributed by atoms with Crippen molar-refractivity contribution in [3.63, 3.8) is 0 Å². The molecule has 0 unspecified atom stereocenters. The van der Waals surface area contributed by atoms with Crippen LogP contribution in [0.15, 0.2) is 36.4 Å². The maximum Gasteiger partial charge on any atom is 0.227 e. The van der Waals surface area contributed by atoms with Crippen LogP contribution >= 0.6 is 0 Å². The highest BCUT2D eigenvalue weighted by Crippen LogP contribution is 2.24. The molecule has 0 saturated carbocycles. The second kappa shape index (κ2) is 7.95. The lowest BCUT2D eigenvalue weighted by molar-refractivity contribution is 0.568. The van der Waals surface area contributed by atoms with E-state index in [0.717, 1.165) is 49.1 Å². The van der Waals surface area contributed by atoms with Crippen LogP contribution in [0.3, 0.4) is 0 Å². The summed E-state index contributed by atoms with van der Waals surface area (Å²) in [6.45, 7) is 5.29. The molecule has 1 aromatic carbocycles. The number of anilines is 2. The number of nitrogens with zero attached hydrogens (tertiary/aromatic N) is 3. The van der Waals surface area contributed by atoms with Gasteiger partial charge in [-0.3, -0.25) is 0 Å². The van der Waals surface area contributed by atoms with Crippen LogP contribution in [0.1, 0.15) is 39.0 Å². The van der Waals surface area contributed by atoms with Crippen molar-refractivity contribution in [3.8, 4) is 11.3 Å². The van der Waals surface area contributed by atoms with Gasteiger partial charge in [0.25, 0.3) is 0 Å². The first-order valence-electron chi connectivity index (χ1n) is 8.80. The zero-order valence-electron chi connectivity index (χ0n) is 14.0. The van der Waals surface area contributed by atoms with Crippen molar-refractivity contribution in [3.05, 3.63) is 36.4 Å². The summed E-state index contributed by atoms with van der Waals surface area (Å²) in [7, 11) is 0. The van der Waals surface area contributed by atoms with Crippen molar-refractivity contribution in [1.82, 2.24) is 9.97 Å². The molecule has 0 amide bonds. The molecule has 4 nitrogen and oxygen atoms in total. The summed E-state index contributed by atoms with van der Waals surface area (Å²) in [6.07, 6.45) is 6.12. The first-order valence-corrected chi connectivity index (χ1v) is 8.80. The van der Waals surface area contributed by atoms with Crippen molar-refractivity contribution in [2.24, 2.45) is 0 Å². The SMILES string of the molecule is CCCCNc1cc(-c2ccccc2)nc(N2CCCCC2)n1. The van der Waals surface area contributed by atoms with E-state index in [4.69, 9.17) is 9.97 Å². The first kappa shape index (κ1) is 15.8. The van der Waals surface area contributed by atoms with Crippen LogP contribution < -0.4 is 10.2 Å². The van der Waals surface area contributed by atoms with Crippen LogP contribution in [-0.4, -0.2) is 29.6 Å². The molecule has 4 heteroatoms. The maximum absolute atomic E-state index is 4.83. The summed E-state index contributed by atoms with van der Waals surface area (Å²) in [5, 5.41) is 3.46. The smallest absolute Gasteiger partial charge is 0.227 e. The third-order valence-corrected chi connectivity index (χ3v) is 4.26. The molecule has 1 aromatic heterocycles. The Morgan fingerprint density at radius 1 is 1.04 bits per heavy atom. The summed E-state index contributed by atoms with van der Waals surface area (Å²) >= 11 is 0. The molecule has 1 aliphatic heterocycles. The highest BCUT2D eigenvalue weighted by atomic mass is 15.3. The van der Waals surface area contributed by atoms with Crippen molar-refractivity contribution >= 4 is 11.8 Å². The fraction of sp³-hybridized carbons (Fsp3) is 0.474. The number of benzene rings is 1. The zero-order valence-corrected chi connectivity index (χ0v) is 14.0. The second-order valence-electron chi connectivity index (χ2n) is 6.13. The Balaban J connectivity index is 1.89. The molecular formula is C19H26N4. The van der Waals surface area contributed by atoms with Crippen LogP contribution in [0, 0.1) is 0 Å². The monoisotopic (exact) mass is 310 g/mol. The van der Waals surface area contributed by atoms with Crippen LogP contribution in [0.25, 0.3) is 11.3 Å². The Labute approximate surface area is 139 Å². The van der Waals surface area contributed by atoms with Gasteiger partial charge in [0.1, 0.15) is 5.82 Å². The van der Waals surface area contributed by atoms with E-state index in [1.54, 1.807) is 0 Å². The Hall–Kier alpha value is -2.10. The molecule has 2 heterocycles. The first-order chi connectivity index (χ1) is 11.4. The average Bonchev–Trinajstić information content (AvgIpc) is 2.63. The fourth-order valence-electron chi connectivity index (χ4n) is 2.91. The zero-order chi connectivity index (χ0) is 15.9. The van der Waals surface area contributed by atoms with Gasteiger partial charge in [0.2, 0.25) is 5.95 Å². The van der Waals surface area contributed by atoms with Crippen molar-refractivity contribution in [1.29, 1.82) is 0 Å². The predicted molar refractivity (Wildman–Crippen MR) is 96.9 cm³/mol. The van der Waals surface area contributed by atoms with Crippen molar-refractivity contribution < 1.29 is 0 Å². The number of hydrogen-bond acceptors (Lipinski definition) is 4. The lowest BCUT2D eigenvalue weighted by Crippen LogP contribution is -2.31. The van der Waals surface area contributed by atoms with E-state index in [-0.39, 0.29) is 0 Å². The van der Waals surface area contributed by atoms with Crippen LogP contribution in [0.2, 0.25) is 0 Å². The van der Waals surface area contributed by atoms with Gasteiger partial charge in [-0.05, 0) is 25.7 Å². The van der Waals surface area contributed by atoms with E-state index in [9.17, 15) is 0 Å². The Morgan fingerprint density at radius 2 is 1.83 bits per heavy atom. The van der Waals surface area contributed by atoms with Gasteiger partial charge in [-0.15, -0.1) is 0 Å². The molecule has 3 rings (SSSR count). The van der Waals surface area contributed by atoms with Crippen LogP contribution in [-0.2, 0) is 0 Å². The number of nitrogens with one attached hydrogen (secondary N) is 1. The number of rotatable bonds is 6. The molecule has 0 atom stereocenters. The number of piperidine rings is 1. The third kappa shape index (κ3) is 4.21. The minimum absolute atomic E-state index is 0.866. The number of unbranched alkanes of at least 4 members (excludes halogenated alkanes) is 1. The summed E-state index contributed by atoms with van der Waals surface area (Å²) in [4.78, 5) is 11.9. The highest BCUT2D eigenvalue weighted by Gasteiger charge is 2.15. The van der Waals surface area contributed by atoms with E-state index < -0.39 is 0 Å². The molecule has 0 aliphatic carbocycles. The van der Waals surface area contributed by atoms with Crippen LogP contribution in [0.5, 0.6) is 0 Å². The molecule has 1 fully saturated rings. The van der Waals surface area contributed by atoms with Gasteiger partial charge in [0.15, 0.2) is 0 Å². The van der Waals surface area contributed by atoms with Gasteiger partial charge in [0, 0.05) is 31.3 Å². The predicted octanol–water partition coefficient (Wildman–Crippen LogP) is 4.35. The van der Waals surface area contributed by atoms with Crippen molar-refractivity contribution in [2.45, 2.75) is 39.0 Å². The maximum atomic E-state index is 4.83.